The van der Waals surface area contributed by atoms with E-state index < -0.39 is 0 Å². The van der Waals surface area contributed by atoms with Gasteiger partial charge in [0.25, 0.3) is 0 Å². The molecule has 0 saturated heterocycles. The summed E-state index contributed by atoms with van der Waals surface area (Å²) in [6, 6.07) is 24.5. The van der Waals surface area contributed by atoms with E-state index in [4.69, 9.17) is 4.74 Å². The molecule has 0 spiro atoms. The van der Waals surface area contributed by atoms with Crippen LogP contribution in [0.2, 0.25) is 0 Å². The van der Waals surface area contributed by atoms with Crippen LogP contribution in [0.1, 0.15) is 61.1 Å². The molecule has 8 aliphatic rings. The van der Waals surface area contributed by atoms with Crippen molar-refractivity contribution in [1.29, 1.82) is 0 Å². The second-order valence-corrected chi connectivity index (χ2v) is 18.9. The normalized spacial score (nSPS) is 27.2. The molecule has 1 aromatic heterocycles. The van der Waals surface area contributed by atoms with Gasteiger partial charge in [0.1, 0.15) is 11.9 Å². The predicted octanol–water partition coefficient (Wildman–Crippen LogP) is 12.1. The molecule has 0 radical (unpaired) electrons. The number of ether oxygens (including phenoxy) is 1. The van der Waals surface area contributed by atoms with E-state index in [2.05, 4.69) is 169 Å². The van der Waals surface area contributed by atoms with Crippen LogP contribution < -0.4 is 14.5 Å². The number of hydrogen-bond acceptors (Lipinski definition) is 4. The monoisotopic (exact) mass is 787 g/mol. The Morgan fingerprint density at radius 2 is 1.57 bits per heavy atom. The van der Waals surface area contributed by atoms with Crippen LogP contribution in [0, 0.1) is 11.8 Å². The maximum absolute atomic E-state index is 6.87. The number of thiophene rings is 1. The summed E-state index contributed by atoms with van der Waals surface area (Å²) in [4.78, 5) is 4.11. The summed E-state index contributed by atoms with van der Waals surface area (Å²) in [7, 11) is 0. The molecule has 2 nitrogen and oxygen atoms in total. The van der Waals surface area contributed by atoms with E-state index >= 15 is 0 Å². The minimum absolute atomic E-state index is 0.0336. The van der Waals surface area contributed by atoms with E-state index in [0.717, 1.165) is 44.3 Å². The van der Waals surface area contributed by atoms with Crippen molar-refractivity contribution in [3.63, 3.8) is 0 Å². The lowest BCUT2D eigenvalue weighted by Crippen LogP contribution is -2.46. The van der Waals surface area contributed by atoms with Gasteiger partial charge in [0.2, 0.25) is 0 Å². The predicted molar refractivity (Wildman–Crippen MR) is 245 cm³/mol. The van der Waals surface area contributed by atoms with Crippen molar-refractivity contribution in [2.75, 3.05) is 0 Å². The Kier molecular flexibility index (Phi) is 8.51. The van der Waals surface area contributed by atoms with Gasteiger partial charge < -0.3 is 9.64 Å². The Hall–Kier alpha value is -5.29. The van der Waals surface area contributed by atoms with E-state index in [1.54, 1.807) is 0 Å². The Morgan fingerprint density at radius 1 is 0.707 bits per heavy atom. The van der Waals surface area contributed by atoms with Gasteiger partial charge in [-0.05, 0) is 89.8 Å². The van der Waals surface area contributed by atoms with Crippen LogP contribution in [-0.4, -0.2) is 22.3 Å². The summed E-state index contributed by atoms with van der Waals surface area (Å²) in [6.07, 6.45) is 45.0. The molecule has 0 amide bonds. The van der Waals surface area contributed by atoms with Gasteiger partial charge in [-0.15, -0.1) is 23.1 Å². The highest BCUT2D eigenvalue weighted by atomic mass is 32.2. The molecule has 6 atom stereocenters. The summed E-state index contributed by atoms with van der Waals surface area (Å²) in [5.41, 5.74) is 12.3. The number of fused-ring (bicyclic) bond motifs is 9. The molecule has 0 saturated carbocycles. The van der Waals surface area contributed by atoms with E-state index in [-0.39, 0.29) is 12.1 Å². The number of hydrogen-bond donors (Lipinski definition) is 0. The van der Waals surface area contributed by atoms with E-state index in [9.17, 15) is 0 Å². The lowest BCUT2D eigenvalue weighted by Gasteiger charge is -2.40. The van der Waals surface area contributed by atoms with Crippen molar-refractivity contribution < 1.29 is 4.74 Å². The number of thioether (sulfide) groups is 1. The van der Waals surface area contributed by atoms with Gasteiger partial charge >= 0.3 is 0 Å². The third kappa shape index (κ3) is 5.74. The van der Waals surface area contributed by atoms with Crippen LogP contribution in [0.25, 0.3) is 33.0 Å². The SMILES string of the molecule is C1=CC(N(C2=CCC(C3=CCC(C4=CC5Sc6ccccc6C5C=C4)C=C3)C=C2)C2=c3sc4c(C5=CCCC=C5)cccc4c3=CCC2)C2Oc3ccccc3C2=C1. The third-order valence-corrected chi connectivity index (χ3v) is 16.0. The first-order chi connectivity index (χ1) is 28.7. The molecule has 0 fully saturated rings. The fourth-order valence-corrected chi connectivity index (χ4v) is 13.3. The van der Waals surface area contributed by atoms with Crippen molar-refractivity contribution in [3.8, 4) is 5.75 Å². The number of allylic oxidation sites excluding steroid dienone is 16. The first-order valence-corrected chi connectivity index (χ1v) is 22.9. The molecule has 3 aromatic carbocycles. The fraction of sp³-hybridized carbons (Fsp3) is 0.222. The molecular weight excluding hydrogens is 743 g/mol. The highest BCUT2D eigenvalue weighted by molar-refractivity contribution is 8.00. The van der Waals surface area contributed by atoms with E-state index in [0.29, 0.717) is 23.0 Å². The zero-order chi connectivity index (χ0) is 38.2. The van der Waals surface area contributed by atoms with Crippen molar-refractivity contribution in [1.82, 2.24) is 4.90 Å². The van der Waals surface area contributed by atoms with Crippen molar-refractivity contribution in [2.45, 2.75) is 66.7 Å². The molecule has 0 bridgehead atoms. The zero-order valence-corrected chi connectivity index (χ0v) is 34.1. The van der Waals surface area contributed by atoms with Crippen LogP contribution in [0.5, 0.6) is 5.75 Å². The van der Waals surface area contributed by atoms with E-state index in [1.165, 1.54) is 75.1 Å². The van der Waals surface area contributed by atoms with Gasteiger partial charge in [0, 0.05) is 60.5 Å². The highest BCUT2D eigenvalue weighted by Gasteiger charge is 2.40. The van der Waals surface area contributed by atoms with Gasteiger partial charge in [-0.3, -0.25) is 0 Å². The Bertz CT molecular complexity index is 2850. The molecule has 6 unspecified atom stereocenters. The molecule has 2 aliphatic heterocycles. The van der Waals surface area contributed by atoms with Gasteiger partial charge in [0.05, 0.1) is 10.6 Å². The summed E-state index contributed by atoms with van der Waals surface area (Å²) in [6.45, 7) is 0. The number of nitrogens with zero attached hydrogens (tertiary/aromatic N) is 1. The lowest BCUT2D eigenvalue weighted by atomic mass is 9.80. The van der Waals surface area contributed by atoms with Gasteiger partial charge in [-0.25, -0.2) is 0 Å². The smallest absolute Gasteiger partial charge is 0.149 e. The summed E-state index contributed by atoms with van der Waals surface area (Å²) in [5, 5.41) is 3.29. The quantitative estimate of drug-likeness (QED) is 0.193. The molecule has 284 valence electrons. The molecule has 3 heterocycles. The number of para-hydroxylation sites is 1. The second-order valence-electron chi connectivity index (χ2n) is 16.7. The maximum Gasteiger partial charge on any atom is 0.149 e. The largest absolute Gasteiger partial charge is 0.483 e. The first kappa shape index (κ1) is 34.7. The minimum Gasteiger partial charge on any atom is -0.483 e. The third-order valence-electron chi connectivity index (χ3n) is 13.4. The molecule has 12 rings (SSSR count). The number of benzene rings is 3. The highest BCUT2D eigenvalue weighted by Crippen LogP contribution is 2.50. The van der Waals surface area contributed by atoms with Crippen LogP contribution in [0.3, 0.4) is 0 Å². The van der Waals surface area contributed by atoms with Gasteiger partial charge in [-0.1, -0.05) is 146 Å². The average molecular weight is 788 g/mol. The Morgan fingerprint density at radius 3 is 2.47 bits per heavy atom. The van der Waals surface area contributed by atoms with Crippen LogP contribution in [0.4, 0.5) is 0 Å². The zero-order valence-electron chi connectivity index (χ0n) is 32.5. The number of rotatable bonds is 6. The molecule has 0 N–H and O–H groups in total. The van der Waals surface area contributed by atoms with Crippen LogP contribution in [0.15, 0.2) is 180 Å². The Labute approximate surface area is 349 Å². The Balaban J connectivity index is 0.869. The average Bonchev–Trinajstić information content (AvgIpc) is 3.99. The van der Waals surface area contributed by atoms with Crippen molar-refractivity contribution in [2.24, 2.45) is 11.8 Å². The summed E-state index contributed by atoms with van der Waals surface area (Å²) >= 11 is 4.02. The van der Waals surface area contributed by atoms with Crippen LogP contribution in [-0.2, 0) is 0 Å². The standard InChI is InChI=1S/C54H45NOS2/c1-2-11-37(12-3-1)40-15-8-17-45-46-18-10-20-48(54(46)58-53(40)45)55(47-19-9-16-44-41-13-4-6-21-49(41)56-52(44)47)39-30-27-35(28-31-39)34-23-25-36(26-24-34)38-29-32-43-42-14-5-7-22-50(42)57-51(43)33-38/h2,4-9,11-19,21-25,27,29-33,35-36,43,47,51-52H,1,3,10,20,26,28H2. The van der Waals surface area contributed by atoms with Crippen LogP contribution >= 0.6 is 23.1 Å². The molecule has 6 aliphatic carbocycles. The van der Waals surface area contributed by atoms with E-state index in [1.807, 2.05) is 23.1 Å². The summed E-state index contributed by atoms with van der Waals surface area (Å²) < 4.78 is 9.68. The molecular formula is C54H45NOS2. The lowest BCUT2D eigenvalue weighted by molar-refractivity contribution is 0.197. The van der Waals surface area contributed by atoms with Crippen molar-refractivity contribution >= 4 is 56.1 Å². The van der Waals surface area contributed by atoms with Crippen molar-refractivity contribution in [3.05, 3.63) is 201 Å². The molecule has 4 aromatic rings. The summed E-state index contributed by atoms with van der Waals surface area (Å²) in [5.74, 6) is 2.31. The second kappa shape index (κ2) is 14.2. The van der Waals surface area contributed by atoms with Gasteiger partial charge in [0.15, 0.2) is 0 Å². The van der Waals surface area contributed by atoms with Gasteiger partial charge in [-0.2, -0.15) is 0 Å². The maximum atomic E-state index is 6.87. The molecule has 4 heteroatoms. The first-order valence-electron chi connectivity index (χ1n) is 21.2. The molecule has 58 heavy (non-hydrogen) atoms. The fourth-order valence-electron chi connectivity index (χ4n) is 10.5. The topological polar surface area (TPSA) is 12.5 Å². The minimum atomic E-state index is -0.0742.